The third kappa shape index (κ3) is 4.68. The Morgan fingerprint density at radius 1 is 1.00 bits per heavy atom. The maximum absolute atomic E-state index is 13.1. The van der Waals surface area contributed by atoms with Gasteiger partial charge in [0.05, 0.1) is 13.2 Å². The highest BCUT2D eigenvalue weighted by Crippen LogP contribution is 2.44. The topological polar surface area (TPSA) is 63.2 Å². The van der Waals surface area contributed by atoms with Crippen LogP contribution in [0.15, 0.2) is 79.0 Å². The molecule has 5 nitrogen and oxygen atoms in total. The lowest BCUT2D eigenvalue weighted by Crippen LogP contribution is -2.19. The predicted octanol–water partition coefficient (Wildman–Crippen LogP) is 6.48. The van der Waals surface area contributed by atoms with Gasteiger partial charge in [0.15, 0.2) is 0 Å². The van der Waals surface area contributed by atoms with E-state index >= 15 is 0 Å². The zero-order valence-electron chi connectivity index (χ0n) is 19.1. The Balaban J connectivity index is 1.62. The molecule has 172 valence electrons. The van der Waals surface area contributed by atoms with Gasteiger partial charge >= 0.3 is 0 Å². The van der Waals surface area contributed by atoms with Crippen molar-refractivity contribution in [2.45, 2.75) is 31.7 Å². The Hall–Kier alpha value is -3.64. The van der Waals surface area contributed by atoms with Gasteiger partial charge in [0.2, 0.25) is 0 Å². The SMILES string of the molecule is COc1cccc(C(Nc2ccccn2)c2c(NC(=O)c3ccccc3)sc3c2CCCC3)c1. The van der Waals surface area contributed by atoms with E-state index in [0.717, 1.165) is 47.0 Å². The normalized spacial score (nSPS) is 13.6. The van der Waals surface area contributed by atoms with Crippen molar-refractivity contribution in [1.29, 1.82) is 0 Å². The van der Waals surface area contributed by atoms with E-state index in [-0.39, 0.29) is 11.9 Å². The summed E-state index contributed by atoms with van der Waals surface area (Å²) in [6, 6.07) is 23.1. The number of nitrogens with one attached hydrogen (secondary N) is 2. The lowest BCUT2D eigenvalue weighted by Gasteiger charge is -2.24. The first kappa shape index (κ1) is 22.2. The molecule has 0 bridgehead atoms. The number of aryl methyl sites for hydroxylation is 1. The summed E-state index contributed by atoms with van der Waals surface area (Å²) in [6.07, 6.45) is 6.16. The van der Waals surface area contributed by atoms with Crippen molar-refractivity contribution >= 4 is 28.1 Å². The van der Waals surface area contributed by atoms with Gasteiger partial charge in [0.1, 0.15) is 16.6 Å². The molecule has 0 saturated heterocycles. The van der Waals surface area contributed by atoms with Crippen LogP contribution in [0.3, 0.4) is 0 Å². The van der Waals surface area contributed by atoms with E-state index in [9.17, 15) is 4.79 Å². The average Bonchev–Trinajstić information content (AvgIpc) is 3.26. The van der Waals surface area contributed by atoms with Gasteiger partial charge in [-0.25, -0.2) is 4.98 Å². The number of methoxy groups -OCH3 is 1. The first-order valence-corrected chi connectivity index (χ1v) is 12.4. The molecule has 34 heavy (non-hydrogen) atoms. The molecular weight excluding hydrogens is 442 g/mol. The number of hydrogen-bond donors (Lipinski definition) is 2. The number of thiophene rings is 1. The van der Waals surface area contributed by atoms with E-state index in [2.05, 4.69) is 27.8 Å². The number of carbonyl (C=O) groups is 1. The molecule has 1 aliphatic rings. The summed E-state index contributed by atoms with van der Waals surface area (Å²) in [7, 11) is 1.68. The van der Waals surface area contributed by atoms with Crippen LogP contribution in [0.1, 0.15) is 50.8 Å². The van der Waals surface area contributed by atoms with Gasteiger partial charge in [-0.05, 0) is 73.2 Å². The van der Waals surface area contributed by atoms with Crippen LogP contribution in [0.2, 0.25) is 0 Å². The van der Waals surface area contributed by atoms with Crippen LogP contribution in [0.5, 0.6) is 5.75 Å². The van der Waals surface area contributed by atoms with E-state index in [1.165, 1.54) is 16.9 Å². The van der Waals surface area contributed by atoms with Crippen LogP contribution in [-0.4, -0.2) is 18.0 Å². The Morgan fingerprint density at radius 2 is 1.82 bits per heavy atom. The minimum absolute atomic E-state index is 0.0947. The minimum atomic E-state index is -0.186. The van der Waals surface area contributed by atoms with Crippen molar-refractivity contribution < 1.29 is 9.53 Å². The molecule has 1 atom stereocenters. The van der Waals surface area contributed by atoms with E-state index in [1.807, 2.05) is 60.7 Å². The first-order valence-electron chi connectivity index (χ1n) is 11.6. The predicted molar refractivity (Wildman–Crippen MR) is 138 cm³/mol. The maximum atomic E-state index is 13.1. The molecule has 2 heterocycles. The summed E-state index contributed by atoms with van der Waals surface area (Å²) >= 11 is 1.70. The summed E-state index contributed by atoms with van der Waals surface area (Å²) in [5.74, 6) is 1.48. The number of nitrogens with zero attached hydrogens (tertiary/aromatic N) is 1. The fraction of sp³-hybridized carbons (Fsp3) is 0.214. The van der Waals surface area contributed by atoms with Crippen molar-refractivity contribution in [3.8, 4) is 5.75 Å². The number of aromatic nitrogens is 1. The molecular formula is C28H27N3O2S. The fourth-order valence-electron chi connectivity index (χ4n) is 4.49. The molecule has 4 aromatic rings. The van der Waals surface area contributed by atoms with Gasteiger partial charge in [0.25, 0.3) is 5.91 Å². The second kappa shape index (κ2) is 10.1. The number of benzene rings is 2. The second-order valence-electron chi connectivity index (χ2n) is 8.34. The summed E-state index contributed by atoms with van der Waals surface area (Å²) in [5, 5.41) is 7.78. The highest BCUT2D eigenvalue weighted by Gasteiger charge is 2.29. The molecule has 0 radical (unpaired) electrons. The molecule has 6 heteroatoms. The largest absolute Gasteiger partial charge is 0.497 e. The number of pyridine rings is 1. The zero-order chi connectivity index (χ0) is 23.3. The molecule has 2 N–H and O–H groups in total. The minimum Gasteiger partial charge on any atom is -0.497 e. The van der Waals surface area contributed by atoms with Crippen molar-refractivity contribution in [3.63, 3.8) is 0 Å². The van der Waals surface area contributed by atoms with Crippen molar-refractivity contribution in [2.75, 3.05) is 17.7 Å². The van der Waals surface area contributed by atoms with Crippen LogP contribution >= 0.6 is 11.3 Å². The Kier molecular flexibility index (Phi) is 6.58. The molecule has 2 aromatic heterocycles. The molecule has 2 aromatic carbocycles. The van der Waals surface area contributed by atoms with Crippen LogP contribution in [-0.2, 0) is 12.8 Å². The summed E-state index contributed by atoms with van der Waals surface area (Å²) in [4.78, 5) is 19.0. The summed E-state index contributed by atoms with van der Waals surface area (Å²) in [5.41, 5.74) is 4.18. The van der Waals surface area contributed by atoms with Gasteiger partial charge in [0, 0.05) is 22.2 Å². The fourth-order valence-corrected chi connectivity index (χ4v) is 5.82. The van der Waals surface area contributed by atoms with Crippen LogP contribution < -0.4 is 15.4 Å². The van der Waals surface area contributed by atoms with Crippen molar-refractivity contribution in [3.05, 3.63) is 106 Å². The molecule has 0 spiro atoms. The number of amides is 1. The lowest BCUT2D eigenvalue weighted by atomic mass is 9.89. The second-order valence-corrected chi connectivity index (χ2v) is 9.45. The third-order valence-electron chi connectivity index (χ3n) is 6.15. The van der Waals surface area contributed by atoms with E-state index in [1.54, 1.807) is 24.6 Å². The third-order valence-corrected chi connectivity index (χ3v) is 7.37. The first-order chi connectivity index (χ1) is 16.7. The van der Waals surface area contributed by atoms with Crippen LogP contribution in [0, 0.1) is 0 Å². The molecule has 0 saturated carbocycles. The summed E-state index contributed by atoms with van der Waals surface area (Å²) < 4.78 is 5.53. The van der Waals surface area contributed by atoms with E-state index < -0.39 is 0 Å². The van der Waals surface area contributed by atoms with Gasteiger partial charge in [-0.15, -0.1) is 11.3 Å². The lowest BCUT2D eigenvalue weighted by molar-refractivity contribution is 0.102. The van der Waals surface area contributed by atoms with Gasteiger partial charge in [-0.2, -0.15) is 0 Å². The molecule has 0 fully saturated rings. The Labute approximate surface area is 203 Å². The zero-order valence-corrected chi connectivity index (χ0v) is 19.9. The monoisotopic (exact) mass is 469 g/mol. The smallest absolute Gasteiger partial charge is 0.256 e. The number of rotatable bonds is 7. The van der Waals surface area contributed by atoms with Crippen LogP contribution in [0.25, 0.3) is 0 Å². The Morgan fingerprint density at radius 3 is 2.62 bits per heavy atom. The Bertz CT molecular complexity index is 1270. The number of ether oxygens (including phenoxy) is 1. The average molecular weight is 470 g/mol. The molecule has 5 rings (SSSR count). The molecule has 0 aliphatic heterocycles. The number of carbonyl (C=O) groups excluding carboxylic acids is 1. The van der Waals surface area contributed by atoms with Gasteiger partial charge < -0.3 is 15.4 Å². The van der Waals surface area contributed by atoms with Crippen molar-refractivity contribution in [2.24, 2.45) is 0 Å². The van der Waals surface area contributed by atoms with Gasteiger partial charge in [-0.1, -0.05) is 36.4 Å². The summed E-state index contributed by atoms with van der Waals surface area (Å²) in [6.45, 7) is 0. The standard InChI is InChI=1S/C28H27N3O2S/c1-33-21-13-9-12-20(18-21)26(30-24-16-7-8-17-29-24)25-22-14-5-6-15-23(22)34-28(25)31-27(32)19-10-3-2-4-11-19/h2-4,7-13,16-18,26H,5-6,14-15H2,1H3,(H,29,30)(H,31,32). The highest BCUT2D eigenvalue weighted by atomic mass is 32.1. The number of anilines is 2. The van der Waals surface area contributed by atoms with E-state index in [0.29, 0.717) is 5.56 Å². The van der Waals surface area contributed by atoms with Crippen LogP contribution in [0.4, 0.5) is 10.8 Å². The van der Waals surface area contributed by atoms with Crippen molar-refractivity contribution in [1.82, 2.24) is 4.98 Å². The quantitative estimate of drug-likeness (QED) is 0.325. The van der Waals surface area contributed by atoms with Gasteiger partial charge in [-0.3, -0.25) is 4.79 Å². The highest BCUT2D eigenvalue weighted by molar-refractivity contribution is 7.16. The molecule has 1 unspecified atom stereocenters. The molecule has 1 amide bonds. The number of fused-ring (bicyclic) bond motifs is 1. The number of hydrogen-bond acceptors (Lipinski definition) is 5. The molecule has 1 aliphatic carbocycles. The maximum Gasteiger partial charge on any atom is 0.256 e. The van der Waals surface area contributed by atoms with E-state index in [4.69, 9.17) is 4.74 Å².